The van der Waals surface area contributed by atoms with Gasteiger partial charge in [-0.2, -0.15) is 18.3 Å². The molecule has 1 aromatic heterocycles. The van der Waals surface area contributed by atoms with E-state index in [-0.39, 0.29) is 6.10 Å². The number of carboxylic acids is 1. The molecule has 33 heavy (non-hydrogen) atoms. The number of carbonyl (C=O) groups is 2. The van der Waals surface area contributed by atoms with E-state index in [1.807, 2.05) is 0 Å². The van der Waals surface area contributed by atoms with Crippen LogP contribution in [0, 0.1) is 12.8 Å². The number of carboxylic acid groups (broad SMARTS) is 1. The number of aromatic nitrogens is 1. The molecule has 1 aliphatic carbocycles. The number of ether oxygens (including phenoxy) is 2. The third-order valence-electron chi connectivity index (χ3n) is 5.53. The Labute approximate surface area is 188 Å². The van der Waals surface area contributed by atoms with Gasteiger partial charge in [-0.15, -0.1) is 0 Å². The number of rotatable bonds is 7. The first-order valence-corrected chi connectivity index (χ1v) is 10.5. The second kappa shape index (κ2) is 10.2. The zero-order chi connectivity index (χ0) is 24.2. The summed E-state index contributed by atoms with van der Waals surface area (Å²) < 4.78 is 47.3. The number of hydrogen-bond donors (Lipinski definition) is 2. The molecule has 2 aliphatic rings. The normalized spacial score (nSPS) is 25.1. The summed E-state index contributed by atoms with van der Waals surface area (Å²) in [5, 5.41) is 21.0. The average molecular weight is 473 g/mol. The highest BCUT2D eigenvalue weighted by Crippen LogP contribution is 2.32. The third-order valence-corrected chi connectivity index (χ3v) is 5.53. The van der Waals surface area contributed by atoms with Gasteiger partial charge in [-0.1, -0.05) is 5.22 Å². The Bertz CT molecular complexity index is 897. The van der Waals surface area contributed by atoms with Crippen molar-refractivity contribution in [1.82, 2.24) is 15.3 Å². The molecule has 2 N–H and O–H groups in total. The van der Waals surface area contributed by atoms with Crippen LogP contribution in [-0.2, 0) is 9.53 Å². The van der Waals surface area contributed by atoms with Gasteiger partial charge in [0.05, 0.1) is 29.8 Å². The van der Waals surface area contributed by atoms with Crippen molar-refractivity contribution in [3.63, 3.8) is 0 Å². The summed E-state index contributed by atoms with van der Waals surface area (Å²) in [7, 11) is 1.55. The number of alkyl halides is 3. The number of alkyl carbamates (subject to hydrolysis) is 1. The molecule has 1 fully saturated rings. The molecule has 1 amide bonds. The number of nitrogens with one attached hydrogen (secondary N) is 1. The Balaban J connectivity index is 1.62. The van der Waals surface area contributed by atoms with Crippen molar-refractivity contribution in [3.05, 3.63) is 23.5 Å². The number of halogens is 3. The van der Waals surface area contributed by atoms with E-state index >= 15 is 0 Å². The summed E-state index contributed by atoms with van der Waals surface area (Å²) in [5.41, 5.74) is 1.03. The van der Waals surface area contributed by atoms with Gasteiger partial charge in [-0.3, -0.25) is 20.1 Å². The Morgan fingerprint density at radius 3 is 2.73 bits per heavy atom. The number of nitrogens with zero attached hydrogens (tertiary/aromatic N) is 4. The molecule has 1 aliphatic heterocycles. The van der Waals surface area contributed by atoms with Crippen LogP contribution in [0.3, 0.4) is 0 Å². The largest absolute Gasteiger partial charge is 0.489 e. The summed E-state index contributed by atoms with van der Waals surface area (Å²) in [6, 6.07) is 2.66. The lowest BCUT2D eigenvalue weighted by atomic mass is 9.87. The monoisotopic (exact) mass is 473 g/mol. The van der Waals surface area contributed by atoms with Crippen molar-refractivity contribution in [2.75, 3.05) is 13.7 Å². The van der Waals surface area contributed by atoms with Gasteiger partial charge in [-0.05, 0) is 44.7 Å². The van der Waals surface area contributed by atoms with Gasteiger partial charge in [-0.25, -0.2) is 4.79 Å². The van der Waals surface area contributed by atoms with Crippen LogP contribution in [0.5, 0.6) is 5.75 Å². The fourth-order valence-corrected chi connectivity index (χ4v) is 3.79. The minimum Gasteiger partial charge on any atom is -0.489 e. The number of hydrogen-bond acceptors (Lipinski definition) is 8. The van der Waals surface area contributed by atoms with Gasteiger partial charge >= 0.3 is 18.2 Å². The van der Waals surface area contributed by atoms with Gasteiger partial charge in [0.1, 0.15) is 12.4 Å². The van der Waals surface area contributed by atoms with Gasteiger partial charge < -0.3 is 14.6 Å². The molecule has 13 heteroatoms. The van der Waals surface area contributed by atoms with Crippen molar-refractivity contribution in [3.8, 4) is 5.75 Å². The van der Waals surface area contributed by atoms with E-state index in [0.717, 1.165) is 12.8 Å². The second-order valence-corrected chi connectivity index (χ2v) is 8.07. The van der Waals surface area contributed by atoms with Crippen molar-refractivity contribution in [1.29, 1.82) is 0 Å². The van der Waals surface area contributed by atoms with Crippen LogP contribution in [0.4, 0.5) is 18.0 Å². The van der Waals surface area contributed by atoms with Crippen molar-refractivity contribution >= 4 is 12.1 Å². The minimum absolute atomic E-state index is 0.218. The lowest BCUT2D eigenvalue weighted by molar-refractivity contribution is -0.144. The fraction of sp³-hybridized carbons (Fsp3) is 0.650. The van der Waals surface area contributed by atoms with Crippen LogP contribution < -0.4 is 10.1 Å². The Morgan fingerprint density at radius 1 is 1.30 bits per heavy atom. The lowest BCUT2D eigenvalue weighted by Crippen LogP contribution is -2.45. The summed E-state index contributed by atoms with van der Waals surface area (Å²) in [6.45, 7) is 0.942. The SMILES string of the molecule is Cc1nc(C2N=NN(C)C2NC(=O)OCCC(F)(F)F)ccc1O[C@H]1CCC[C@H](C(=O)O)C1. The number of amides is 1. The first-order chi connectivity index (χ1) is 15.5. The fourth-order valence-electron chi connectivity index (χ4n) is 3.79. The van der Waals surface area contributed by atoms with E-state index in [9.17, 15) is 27.9 Å². The highest BCUT2D eigenvalue weighted by atomic mass is 19.4. The predicted molar refractivity (Wildman–Crippen MR) is 107 cm³/mol. The number of pyridine rings is 1. The number of likely N-dealkylation sites (N-methyl/N-ethyl adjacent to an activating group) is 1. The first-order valence-electron chi connectivity index (χ1n) is 10.5. The zero-order valence-electron chi connectivity index (χ0n) is 18.2. The molecular weight excluding hydrogens is 447 g/mol. The zero-order valence-corrected chi connectivity index (χ0v) is 18.2. The van der Waals surface area contributed by atoms with Crippen LogP contribution >= 0.6 is 0 Å². The van der Waals surface area contributed by atoms with Crippen LogP contribution in [-0.4, -0.2) is 59.3 Å². The van der Waals surface area contributed by atoms with E-state index in [1.54, 1.807) is 26.1 Å². The molecule has 0 spiro atoms. The van der Waals surface area contributed by atoms with Gasteiger partial charge in [0, 0.05) is 7.05 Å². The highest BCUT2D eigenvalue weighted by Gasteiger charge is 2.35. The van der Waals surface area contributed by atoms with Crippen LogP contribution in [0.25, 0.3) is 0 Å². The molecular formula is C20H26F3N5O5. The molecule has 0 saturated heterocycles. The smallest absolute Gasteiger partial charge is 0.408 e. The Morgan fingerprint density at radius 2 is 2.06 bits per heavy atom. The Hall–Kier alpha value is -3.12. The number of aliphatic carboxylic acids is 1. The van der Waals surface area contributed by atoms with Crippen molar-refractivity contribution in [2.45, 2.75) is 63.5 Å². The molecule has 182 valence electrons. The predicted octanol–water partition coefficient (Wildman–Crippen LogP) is 3.77. The first kappa shape index (κ1) is 24.5. The van der Waals surface area contributed by atoms with Gasteiger partial charge in [0.15, 0.2) is 12.2 Å². The molecule has 2 heterocycles. The maximum absolute atomic E-state index is 12.2. The number of aryl methyl sites for hydroxylation is 1. The van der Waals surface area contributed by atoms with E-state index in [2.05, 4.69) is 25.4 Å². The molecule has 10 nitrogen and oxygen atoms in total. The van der Waals surface area contributed by atoms with E-state index in [4.69, 9.17) is 4.74 Å². The molecule has 1 saturated carbocycles. The summed E-state index contributed by atoms with van der Waals surface area (Å²) in [6.07, 6.45) is -5.09. The summed E-state index contributed by atoms with van der Waals surface area (Å²) in [4.78, 5) is 27.7. The van der Waals surface area contributed by atoms with Crippen LogP contribution in [0.1, 0.15) is 49.5 Å². The molecule has 2 unspecified atom stereocenters. The molecule has 0 bridgehead atoms. The maximum atomic E-state index is 12.2. The highest BCUT2D eigenvalue weighted by molar-refractivity contribution is 5.70. The average Bonchev–Trinajstić information content (AvgIpc) is 3.09. The van der Waals surface area contributed by atoms with Crippen LogP contribution in [0.15, 0.2) is 22.5 Å². The topological polar surface area (TPSA) is 126 Å². The molecule has 4 atom stereocenters. The van der Waals surface area contributed by atoms with Crippen molar-refractivity contribution in [2.24, 2.45) is 16.3 Å². The van der Waals surface area contributed by atoms with Crippen LogP contribution in [0.2, 0.25) is 0 Å². The minimum atomic E-state index is -4.42. The maximum Gasteiger partial charge on any atom is 0.408 e. The van der Waals surface area contributed by atoms with E-state index in [1.165, 1.54) is 5.01 Å². The second-order valence-electron chi connectivity index (χ2n) is 8.07. The molecule has 0 aromatic carbocycles. The van der Waals surface area contributed by atoms with Gasteiger partial charge in [0.2, 0.25) is 0 Å². The summed E-state index contributed by atoms with van der Waals surface area (Å²) >= 11 is 0. The van der Waals surface area contributed by atoms with Crippen molar-refractivity contribution < 1.29 is 37.3 Å². The summed E-state index contributed by atoms with van der Waals surface area (Å²) in [5.74, 6) is -0.720. The molecule has 3 rings (SSSR count). The van der Waals surface area contributed by atoms with Gasteiger partial charge in [0.25, 0.3) is 0 Å². The third kappa shape index (κ3) is 6.68. The van der Waals surface area contributed by atoms with E-state index in [0.29, 0.717) is 30.0 Å². The Kier molecular flexibility index (Phi) is 7.59. The molecule has 0 radical (unpaired) electrons. The molecule has 1 aromatic rings. The number of carbonyl (C=O) groups excluding carboxylic acids is 1. The quantitative estimate of drug-likeness (QED) is 0.617. The standard InChI is InChI=1S/C20H26F3N5O5/c1-11-15(33-13-5-3-4-12(10-13)18(29)30)7-6-14(24-11)16-17(28(2)27-26-16)25-19(31)32-9-8-20(21,22)23/h6-7,12-13,16-17H,3-5,8-10H2,1-2H3,(H,25,31)(H,29,30)/t12-,13-,16?,17?/m0/s1. The van der Waals surface area contributed by atoms with E-state index < -0.39 is 49.4 Å². The lowest BCUT2D eigenvalue weighted by Gasteiger charge is -2.28.